The summed E-state index contributed by atoms with van der Waals surface area (Å²) in [6.07, 6.45) is 0. The molecule has 0 saturated carbocycles. The summed E-state index contributed by atoms with van der Waals surface area (Å²) < 4.78 is 0. The van der Waals surface area contributed by atoms with Crippen LogP contribution in [0, 0.1) is 11.3 Å². The molecule has 17 heavy (non-hydrogen) atoms. The van der Waals surface area contributed by atoms with Gasteiger partial charge in [-0.15, -0.1) is 5.11 Å². The first-order valence-electron chi connectivity index (χ1n) is 5.75. The van der Waals surface area contributed by atoms with Crippen molar-refractivity contribution in [3.63, 3.8) is 0 Å². The minimum atomic E-state index is 0.285. The standard InChI is InChI=1S/C13H18N4/c1-10(2)17(11(3)4)16-15-13-8-6-5-7-12(13)9-14/h5-8,10-11H,1-4H3. The molecule has 0 radical (unpaired) electrons. The number of hydrogen-bond donors (Lipinski definition) is 0. The van der Waals surface area contributed by atoms with Gasteiger partial charge in [0, 0.05) is 12.1 Å². The van der Waals surface area contributed by atoms with E-state index < -0.39 is 0 Å². The van der Waals surface area contributed by atoms with Crippen molar-refractivity contribution in [1.29, 1.82) is 5.26 Å². The molecule has 1 aromatic carbocycles. The summed E-state index contributed by atoms with van der Waals surface area (Å²) in [7, 11) is 0. The smallest absolute Gasteiger partial charge is 0.105 e. The van der Waals surface area contributed by atoms with Crippen molar-refractivity contribution in [2.24, 2.45) is 10.3 Å². The number of hydrogen-bond acceptors (Lipinski definition) is 3. The maximum Gasteiger partial charge on any atom is 0.105 e. The molecule has 90 valence electrons. The average molecular weight is 230 g/mol. The molecule has 0 aliphatic heterocycles. The van der Waals surface area contributed by atoms with Crippen LogP contribution >= 0.6 is 0 Å². The van der Waals surface area contributed by atoms with Gasteiger partial charge in [0.05, 0.1) is 5.56 Å². The molecule has 0 atom stereocenters. The first-order valence-corrected chi connectivity index (χ1v) is 5.75. The second kappa shape index (κ2) is 6.00. The molecule has 0 aromatic heterocycles. The Kier molecular flexibility index (Phi) is 4.65. The molecule has 0 spiro atoms. The van der Waals surface area contributed by atoms with Crippen LogP contribution in [0.4, 0.5) is 5.69 Å². The van der Waals surface area contributed by atoms with Crippen LogP contribution in [0.25, 0.3) is 0 Å². The lowest BCUT2D eigenvalue weighted by atomic mass is 10.2. The van der Waals surface area contributed by atoms with Crippen molar-refractivity contribution >= 4 is 5.69 Å². The maximum absolute atomic E-state index is 8.94. The molecular formula is C13H18N4. The lowest BCUT2D eigenvalue weighted by Crippen LogP contribution is -2.31. The van der Waals surface area contributed by atoms with E-state index in [0.29, 0.717) is 11.3 Å². The Morgan fingerprint density at radius 1 is 1.12 bits per heavy atom. The van der Waals surface area contributed by atoms with E-state index >= 15 is 0 Å². The van der Waals surface area contributed by atoms with E-state index in [1.165, 1.54) is 0 Å². The molecule has 0 unspecified atom stereocenters. The Labute approximate surface area is 103 Å². The van der Waals surface area contributed by atoms with Gasteiger partial charge >= 0.3 is 0 Å². The molecule has 0 bridgehead atoms. The minimum absolute atomic E-state index is 0.285. The van der Waals surface area contributed by atoms with Gasteiger partial charge in [0.1, 0.15) is 11.8 Å². The third kappa shape index (κ3) is 3.56. The Bertz CT molecular complexity index is 421. The van der Waals surface area contributed by atoms with Gasteiger partial charge in [-0.25, -0.2) is 0 Å². The highest BCUT2D eigenvalue weighted by molar-refractivity contribution is 5.52. The highest BCUT2D eigenvalue weighted by atomic mass is 15.6. The van der Waals surface area contributed by atoms with Gasteiger partial charge in [-0.05, 0) is 39.8 Å². The Morgan fingerprint density at radius 2 is 1.71 bits per heavy atom. The minimum Gasteiger partial charge on any atom is -0.273 e. The maximum atomic E-state index is 8.94. The zero-order valence-corrected chi connectivity index (χ0v) is 10.8. The van der Waals surface area contributed by atoms with E-state index in [4.69, 9.17) is 5.26 Å². The molecule has 0 aliphatic carbocycles. The quantitative estimate of drug-likeness (QED) is 0.585. The molecular weight excluding hydrogens is 212 g/mol. The van der Waals surface area contributed by atoms with Crippen LogP contribution < -0.4 is 0 Å². The number of benzene rings is 1. The summed E-state index contributed by atoms with van der Waals surface area (Å²) in [5, 5.41) is 19.2. The van der Waals surface area contributed by atoms with Crippen molar-refractivity contribution in [1.82, 2.24) is 5.01 Å². The summed E-state index contributed by atoms with van der Waals surface area (Å²) in [4.78, 5) is 0. The second-order valence-corrected chi connectivity index (χ2v) is 4.39. The monoisotopic (exact) mass is 230 g/mol. The van der Waals surface area contributed by atoms with E-state index in [0.717, 1.165) is 0 Å². The normalized spacial score (nSPS) is 11.1. The van der Waals surface area contributed by atoms with Gasteiger partial charge < -0.3 is 0 Å². The third-order valence-electron chi connectivity index (χ3n) is 2.34. The molecule has 0 heterocycles. The van der Waals surface area contributed by atoms with E-state index in [-0.39, 0.29) is 12.1 Å². The van der Waals surface area contributed by atoms with Crippen molar-refractivity contribution in [2.45, 2.75) is 39.8 Å². The summed E-state index contributed by atoms with van der Waals surface area (Å²) in [6.45, 7) is 8.26. The van der Waals surface area contributed by atoms with Gasteiger partial charge in [0.15, 0.2) is 0 Å². The van der Waals surface area contributed by atoms with E-state index in [2.05, 4.69) is 44.1 Å². The molecule has 0 amide bonds. The first kappa shape index (κ1) is 13.2. The van der Waals surface area contributed by atoms with Crippen LogP contribution in [-0.2, 0) is 0 Å². The summed E-state index contributed by atoms with van der Waals surface area (Å²) in [5.74, 6) is 0. The highest BCUT2D eigenvalue weighted by Gasteiger charge is 2.10. The van der Waals surface area contributed by atoms with Crippen LogP contribution in [0.3, 0.4) is 0 Å². The summed E-state index contributed by atoms with van der Waals surface area (Å²) >= 11 is 0. The number of nitrogens with zero attached hydrogens (tertiary/aromatic N) is 4. The van der Waals surface area contributed by atoms with Gasteiger partial charge in [-0.2, -0.15) is 5.26 Å². The second-order valence-electron chi connectivity index (χ2n) is 4.39. The van der Waals surface area contributed by atoms with E-state index in [9.17, 15) is 0 Å². The fraction of sp³-hybridized carbons (Fsp3) is 0.462. The van der Waals surface area contributed by atoms with Crippen LogP contribution in [0.5, 0.6) is 0 Å². The third-order valence-corrected chi connectivity index (χ3v) is 2.34. The highest BCUT2D eigenvalue weighted by Crippen LogP contribution is 2.19. The number of nitriles is 1. The predicted octanol–water partition coefficient (Wildman–Crippen LogP) is 3.68. The van der Waals surface area contributed by atoms with Crippen LogP contribution in [0.1, 0.15) is 33.3 Å². The SMILES string of the molecule is CC(C)N(N=Nc1ccccc1C#N)C(C)C. The van der Waals surface area contributed by atoms with Crippen molar-refractivity contribution in [3.8, 4) is 6.07 Å². The molecule has 0 aliphatic rings. The molecule has 1 rings (SSSR count). The molecule has 1 aromatic rings. The molecule has 4 nitrogen and oxygen atoms in total. The van der Waals surface area contributed by atoms with Crippen LogP contribution in [-0.4, -0.2) is 17.1 Å². The Morgan fingerprint density at radius 3 is 2.24 bits per heavy atom. The molecule has 0 fully saturated rings. The van der Waals surface area contributed by atoms with Gasteiger partial charge in [-0.3, -0.25) is 5.01 Å². The largest absolute Gasteiger partial charge is 0.273 e. The zero-order valence-electron chi connectivity index (χ0n) is 10.8. The van der Waals surface area contributed by atoms with Gasteiger partial charge in [-0.1, -0.05) is 17.4 Å². The first-order chi connectivity index (χ1) is 8.06. The van der Waals surface area contributed by atoms with Crippen molar-refractivity contribution in [2.75, 3.05) is 0 Å². The van der Waals surface area contributed by atoms with Crippen molar-refractivity contribution in [3.05, 3.63) is 29.8 Å². The fourth-order valence-corrected chi connectivity index (χ4v) is 1.56. The Balaban J connectivity index is 2.93. The summed E-state index contributed by atoms with van der Waals surface area (Å²) in [6, 6.07) is 9.88. The van der Waals surface area contributed by atoms with Crippen LogP contribution in [0.2, 0.25) is 0 Å². The van der Waals surface area contributed by atoms with Gasteiger partial charge in [0.2, 0.25) is 0 Å². The summed E-state index contributed by atoms with van der Waals surface area (Å²) in [5.41, 5.74) is 1.16. The van der Waals surface area contributed by atoms with E-state index in [1.807, 2.05) is 17.1 Å². The van der Waals surface area contributed by atoms with Crippen molar-refractivity contribution < 1.29 is 0 Å². The molecule has 0 N–H and O–H groups in total. The van der Waals surface area contributed by atoms with Gasteiger partial charge in [0.25, 0.3) is 0 Å². The molecule has 4 heteroatoms. The van der Waals surface area contributed by atoms with Crippen LogP contribution in [0.15, 0.2) is 34.6 Å². The number of rotatable bonds is 4. The average Bonchev–Trinajstić information content (AvgIpc) is 2.29. The predicted molar refractivity (Wildman–Crippen MR) is 67.8 cm³/mol. The fourth-order valence-electron chi connectivity index (χ4n) is 1.56. The molecule has 0 saturated heterocycles. The lowest BCUT2D eigenvalue weighted by Gasteiger charge is -2.25. The lowest BCUT2D eigenvalue weighted by molar-refractivity contribution is 0.169. The Hall–Kier alpha value is -1.89. The topological polar surface area (TPSA) is 51.8 Å². The zero-order chi connectivity index (χ0) is 12.8. The van der Waals surface area contributed by atoms with E-state index in [1.54, 1.807) is 12.1 Å².